The minimum absolute atomic E-state index is 0.183. The zero-order valence-corrected chi connectivity index (χ0v) is 11.8. The van der Waals surface area contributed by atoms with Gasteiger partial charge in [-0.25, -0.2) is 10.2 Å². The Morgan fingerprint density at radius 1 is 1.50 bits per heavy atom. The molecule has 2 fully saturated rings. The minimum atomic E-state index is -4.77. The summed E-state index contributed by atoms with van der Waals surface area (Å²) in [4.78, 5) is 25.4. The highest BCUT2D eigenvalue weighted by molar-refractivity contribution is 7.80. The second-order valence-electron chi connectivity index (χ2n) is 4.63. The van der Waals surface area contributed by atoms with Gasteiger partial charge in [-0.05, 0) is 12.8 Å². The van der Waals surface area contributed by atoms with E-state index in [-0.39, 0.29) is 12.5 Å². The molecule has 0 unspecified atom stereocenters. The summed E-state index contributed by atoms with van der Waals surface area (Å²) in [6.45, 7) is 0.183. The summed E-state index contributed by atoms with van der Waals surface area (Å²) in [5.74, 6) is -0.298. The third kappa shape index (κ3) is 2.70. The molecule has 2 rings (SSSR count). The number of hydrogen-bond acceptors (Lipinski definition) is 6. The quantitative estimate of drug-likeness (QED) is 0.483. The van der Waals surface area contributed by atoms with E-state index in [4.69, 9.17) is 4.55 Å². The second-order valence-corrected chi connectivity index (χ2v) is 5.64. The Kier molecular flexibility index (Phi) is 3.86. The molecule has 0 aromatic carbocycles. The van der Waals surface area contributed by atoms with Crippen LogP contribution in [0.25, 0.3) is 0 Å². The monoisotopic (exact) mass is 308 g/mol. The van der Waals surface area contributed by atoms with Gasteiger partial charge in [0, 0.05) is 20.6 Å². The normalized spacial score (nSPS) is 26.1. The summed E-state index contributed by atoms with van der Waals surface area (Å²) >= 11 is 0. The maximum atomic E-state index is 12.1. The summed E-state index contributed by atoms with van der Waals surface area (Å²) in [5.41, 5.74) is 2.65. The molecule has 2 atom stereocenters. The van der Waals surface area contributed by atoms with Gasteiger partial charge in [0.25, 0.3) is 5.91 Å². The van der Waals surface area contributed by atoms with Crippen LogP contribution in [-0.4, -0.2) is 72.6 Å². The topological polar surface area (TPSA) is 119 Å². The number of fused-ring (bicyclic) bond motifs is 2. The van der Waals surface area contributed by atoms with E-state index in [1.165, 1.54) is 17.0 Å². The number of carbonyl (C=O) groups excluding carboxylic acids is 2. The number of carbonyl (C=O) groups is 2. The van der Waals surface area contributed by atoms with Crippen molar-refractivity contribution < 1.29 is 26.8 Å². The van der Waals surface area contributed by atoms with Crippen molar-refractivity contribution in [1.82, 2.24) is 20.4 Å². The highest BCUT2D eigenvalue weighted by atomic mass is 32.3. The van der Waals surface area contributed by atoms with Gasteiger partial charge >= 0.3 is 16.4 Å². The number of hydrogen-bond donors (Lipinski definition) is 2. The van der Waals surface area contributed by atoms with Crippen LogP contribution < -0.4 is 5.43 Å². The molecule has 10 nitrogen and oxygen atoms in total. The van der Waals surface area contributed by atoms with Crippen LogP contribution in [0, 0.1) is 0 Å². The van der Waals surface area contributed by atoms with E-state index >= 15 is 0 Å². The number of nitrogens with zero attached hydrogens (tertiary/aromatic N) is 3. The fraction of sp³-hybridized carbons (Fsp3) is 0.778. The van der Waals surface area contributed by atoms with E-state index in [0.717, 1.165) is 0 Å². The Bertz CT molecular complexity index is 523. The lowest BCUT2D eigenvalue weighted by molar-refractivity contribution is -0.137. The third-order valence-corrected chi connectivity index (χ3v) is 3.80. The fourth-order valence-corrected chi connectivity index (χ4v) is 2.81. The molecular formula is C9H16N4O6S. The summed E-state index contributed by atoms with van der Waals surface area (Å²) in [6.07, 6.45) is 0.804. The number of urea groups is 1. The highest BCUT2D eigenvalue weighted by Gasteiger charge is 2.49. The molecule has 0 radical (unpaired) electrons. The van der Waals surface area contributed by atoms with Crippen molar-refractivity contribution in [2.45, 2.75) is 24.9 Å². The number of hydrazine groups is 1. The average molecular weight is 308 g/mol. The molecule has 2 saturated heterocycles. The highest BCUT2D eigenvalue weighted by Crippen LogP contribution is 2.31. The summed E-state index contributed by atoms with van der Waals surface area (Å²) in [7, 11) is -1.67. The average Bonchev–Trinajstić information content (AvgIpc) is 2.61. The number of amides is 3. The Hall–Kier alpha value is -1.43. The van der Waals surface area contributed by atoms with Crippen LogP contribution in [0.2, 0.25) is 0 Å². The first-order chi connectivity index (χ1) is 9.24. The van der Waals surface area contributed by atoms with Gasteiger partial charge in [0.05, 0.1) is 6.04 Å². The molecule has 2 aliphatic heterocycles. The van der Waals surface area contributed by atoms with Crippen molar-refractivity contribution in [3.05, 3.63) is 0 Å². The van der Waals surface area contributed by atoms with E-state index in [1.807, 2.05) is 0 Å². The van der Waals surface area contributed by atoms with E-state index in [2.05, 4.69) is 9.71 Å². The van der Waals surface area contributed by atoms with E-state index < -0.39 is 28.5 Å². The lowest BCUT2D eigenvalue weighted by Gasteiger charge is -2.31. The molecule has 2 aliphatic rings. The Morgan fingerprint density at radius 3 is 2.70 bits per heavy atom. The molecule has 0 spiro atoms. The van der Waals surface area contributed by atoms with E-state index in [1.54, 1.807) is 7.05 Å². The fourth-order valence-electron chi connectivity index (χ4n) is 2.42. The van der Waals surface area contributed by atoms with Crippen molar-refractivity contribution in [2.24, 2.45) is 0 Å². The molecular weight excluding hydrogens is 292 g/mol. The second kappa shape index (κ2) is 5.16. The summed E-state index contributed by atoms with van der Waals surface area (Å²) in [6, 6.07) is -1.91. The van der Waals surface area contributed by atoms with Gasteiger partial charge in [-0.1, -0.05) is 0 Å². The molecule has 20 heavy (non-hydrogen) atoms. The molecule has 2 bridgehead atoms. The summed E-state index contributed by atoms with van der Waals surface area (Å²) < 4.78 is 34.4. The zero-order chi connectivity index (χ0) is 15.1. The van der Waals surface area contributed by atoms with Crippen molar-refractivity contribution in [3.63, 3.8) is 0 Å². The standard InChI is InChI=1S/C9H16N4O6S/c1-10-11(2)8(14)7-4-3-6-5-12(7)9(15)13(6)19-20(16,17)18/h6-7,10H,3-5H2,1-2H3,(H,16,17,18)/t6-,7+/m1/s1. The van der Waals surface area contributed by atoms with Gasteiger partial charge in [-0.15, -0.1) is 4.28 Å². The van der Waals surface area contributed by atoms with Crippen molar-refractivity contribution in [1.29, 1.82) is 0 Å². The molecule has 11 heteroatoms. The Balaban J connectivity index is 2.16. The lowest BCUT2D eigenvalue weighted by Crippen LogP contribution is -2.52. The smallest absolute Gasteiger partial charge is 0.309 e. The van der Waals surface area contributed by atoms with Crippen LogP contribution >= 0.6 is 0 Å². The van der Waals surface area contributed by atoms with Gasteiger partial charge < -0.3 is 4.90 Å². The molecule has 0 aromatic heterocycles. The van der Waals surface area contributed by atoms with Crippen molar-refractivity contribution in [2.75, 3.05) is 20.6 Å². The third-order valence-electron chi connectivity index (χ3n) is 3.45. The van der Waals surface area contributed by atoms with Crippen molar-refractivity contribution in [3.8, 4) is 0 Å². The van der Waals surface area contributed by atoms with Gasteiger partial charge in [0.2, 0.25) is 0 Å². The van der Waals surface area contributed by atoms with E-state index in [0.29, 0.717) is 17.9 Å². The first-order valence-corrected chi connectivity index (χ1v) is 7.33. The SMILES string of the molecule is CNN(C)C(=O)[C@@H]1CC[C@@H]2CN1C(=O)N2OS(=O)(=O)O. The Morgan fingerprint density at radius 2 is 2.15 bits per heavy atom. The number of rotatable bonds is 4. The summed E-state index contributed by atoms with van der Waals surface area (Å²) in [5, 5.41) is 1.87. The number of piperidine rings is 1. The molecule has 0 saturated carbocycles. The maximum Gasteiger partial charge on any atom is 0.418 e. The van der Waals surface area contributed by atoms with Gasteiger partial charge in [0.15, 0.2) is 0 Å². The van der Waals surface area contributed by atoms with Crippen LogP contribution in [0.5, 0.6) is 0 Å². The molecule has 0 aliphatic carbocycles. The van der Waals surface area contributed by atoms with Crippen molar-refractivity contribution >= 4 is 22.3 Å². The largest absolute Gasteiger partial charge is 0.418 e. The van der Waals surface area contributed by atoms with E-state index in [9.17, 15) is 18.0 Å². The molecule has 2 N–H and O–H groups in total. The first-order valence-electron chi connectivity index (χ1n) is 5.96. The predicted octanol–water partition coefficient (Wildman–Crippen LogP) is -1.42. The minimum Gasteiger partial charge on any atom is -0.309 e. The molecule has 0 aromatic rings. The van der Waals surface area contributed by atoms with Gasteiger partial charge in [0.1, 0.15) is 6.04 Å². The van der Waals surface area contributed by atoms with Crippen LogP contribution in [0.4, 0.5) is 4.79 Å². The lowest BCUT2D eigenvalue weighted by atomic mass is 10.0. The molecule has 114 valence electrons. The first kappa shape index (κ1) is 15.0. The van der Waals surface area contributed by atoms with Crippen LogP contribution in [0.1, 0.15) is 12.8 Å². The maximum absolute atomic E-state index is 12.1. The molecule has 2 heterocycles. The molecule has 3 amide bonds. The van der Waals surface area contributed by atoms with Crippen LogP contribution in [0.3, 0.4) is 0 Å². The number of hydroxylamine groups is 2. The van der Waals surface area contributed by atoms with Gasteiger partial charge in [-0.3, -0.25) is 14.4 Å². The van der Waals surface area contributed by atoms with Crippen LogP contribution in [-0.2, 0) is 19.5 Å². The Labute approximate surface area is 116 Å². The zero-order valence-electron chi connectivity index (χ0n) is 11.0. The predicted molar refractivity (Wildman–Crippen MR) is 65.2 cm³/mol. The van der Waals surface area contributed by atoms with Crippen LogP contribution in [0.15, 0.2) is 0 Å². The number of likely N-dealkylation sites (N-methyl/N-ethyl adjacent to an activating group) is 1. The number of nitrogens with one attached hydrogen (secondary N) is 1. The van der Waals surface area contributed by atoms with Gasteiger partial charge in [-0.2, -0.15) is 13.5 Å².